The number of hydrogen-bond acceptors (Lipinski definition) is 1. The number of benzene rings is 10. The molecule has 0 aliphatic heterocycles. The van der Waals surface area contributed by atoms with E-state index < -0.39 is 0 Å². The molecule has 0 radical (unpaired) electrons. The summed E-state index contributed by atoms with van der Waals surface area (Å²) in [6.45, 7) is 0. The first kappa shape index (κ1) is 32.6. The lowest BCUT2D eigenvalue weighted by atomic mass is 9.99. The number of aromatic nitrogens is 1. The lowest BCUT2D eigenvalue weighted by Gasteiger charge is -2.27. The third-order valence-electron chi connectivity index (χ3n) is 12.1. The van der Waals surface area contributed by atoms with Crippen molar-refractivity contribution in [2.75, 3.05) is 4.90 Å². The molecular weight excluding hydrogens is 701 g/mol. The molecule has 1 aliphatic carbocycles. The molecule has 11 aromatic rings. The molecule has 10 aromatic carbocycles. The van der Waals surface area contributed by atoms with Crippen molar-refractivity contribution in [3.05, 3.63) is 218 Å². The van der Waals surface area contributed by atoms with Gasteiger partial charge in [-0.3, -0.25) is 0 Å². The van der Waals surface area contributed by atoms with Crippen molar-refractivity contribution >= 4 is 60.4 Å². The smallest absolute Gasteiger partial charge is 0.0619 e. The van der Waals surface area contributed by atoms with Gasteiger partial charge in [0.05, 0.1) is 16.7 Å². The van der Waals surface area contributed by atoms with Gasteiger partial charge in [-0.05, 0) is 104 Å². The van der Waals surface area contributed by atoms with E-state index in [1.807, 2.05) is 0 Å². The second kappa shape index (κ2) is 12.9. The summed E-state index contributed by atoms with van der Waals surface area (Å²) in [6, 6.07) is 80.0. The summed E-state index contributed by atoms with van der Waals surface area (Å²) in [6.07, 6.45) is 0. The maximum atomic E-state index is 2.47. The Bertz CT molecular complexity index is 3390. The lowest BCUT2D eigenvalue weighted by Crippen LogP contribution is -2.10. The van der Waals surface area contributed by atoms with Crippen LogP contribution in [0.5, 0.6) is 0 Å². The van der Waals surface area contributed by atoms with E-state index in [0.717, 1.165) is 22.7 Å². The van der Waals surface area contributed by atoms with Crippen molar-refractivity contribution in [3.63, 3.8) is 0 Å². The van der Waals surface area contributed by atoms with Gasteiger partial charge in [0.15, 0.2) is 0 Å². The van der Waals surface area contributed by atoms with Gasteiger partial charge in [-0.25, -0.2) is 0 Å². The predicted octanol–water partition coefficient (Wildman–Crippen LogP) is 15.5. The molecule has 12 rings (SSSR count). The summed E-state index contributed by atoms with van der Waals surface area (Å²) in [5.74, 6) is 0. The molecule has 0 fully saturated rings. The summed E-state index contributed by atoms with van der Waals surface area (Å²) in [4.78, 5) is 2.42. The molecule has 1 aromatic heterocycles. The molecule has 0 atom stereocenters. The minimum Gasteiger partial charge on any atom is -0.310 e. The Morgan fingerprint density at radius 1 is 0.310 bits per heavy atom. The third-order valence-corrected chi connectivity index (χ3v) is 12.1. The quantitative estimate of drug-likeness (QED) is 0.165. The molecular formula is C56H36N2. The molecule has 0 saturated carbocycles. The molecule has 0 spiro atoms. The van der Waals surface area contributed by atoms with Gasteiger partial charge in [0.2, 0.25) is 0 Å². The van der Waals surface area contributed by atoms with Crippen LogP contribution in [0.4, 0.5) is 17.1 Å². The van der Waals surface area contributed by atoms with Crippen molar-refractivity contribution in [2.45, 2.75) is 0 Å². The molecule has 58 heavy (non-hydrogen) atoms. The average molecular weight is 737 g/mol. The Hall–Kier alpha value is -7.68. The number of hydrogen-bond donors (Lipinski definition) is 0. The molecule has 1 aliphatic rings. The minimum absolute atomic E-state index is 1.10. The van der Waals surface area contributed by atoms with Crippen LogP contribution in [0.2, 0.25) is 0 Å². The van der Waals surface area contributed by atoms with E-state index in [1.165, 1.54) is 87.9 Å². The fraction of sp³-hybridized carbons (Fsp3) is 0. The standard InChI is InChI=1S/C56H36N2/c1-2-14-37(15-3-1)40-17-12-19-43(34-40)57(44-35-41-18-13-25-50-47-22-6-7-23-48(47)52(36-44)55(41)50)42-31-28-39(29-32-42)45-20-8-10-26-53(45)58-54-27-11-9-24-49(54)51-33-30-38-16-4-5-21-46(38)56(51)58/h1-36H. The van der Waals surface area contributed by atoms with Crippen LogP contribution >= 0.6 is 0 Å². The fourth-order valence-electron chi connectivity index (χ4n) is 9.52. The zero-order valence-electron chi connectivity index (χ0n) is 31.7. The van der Waals surface area contributed by atoms with E-state index in [0.29, 0.717) is 0 Å². The summed E-state index contributed by atoms with van der Waals surface area (Å²) in [7, 11) is 0. The summed E-state index contributed by atoms with van der Waals surface area (Å²) >= 11 is 0. The van der Waals surface area contributed by atoms with E-state index in [9.17, 15) is 0 Å². The van der Waals surface area contributed by atoms with Gasteiger partial charge in [0, 0.05) is 38.8 Å². The van der Waals surface area contributed by atoms with Crippen molar-refractivity contribution in [3.8, 4) is 50.2 Å². The number of nitrogens with zero attached hydrogens (tertiary/aromatic N) is 2. The largest absolute Gasteiger partial charge is 0.310 e. The second-order valence-corrected chi connectivity index (χ2v) is 15.3. The first-order valence-electron chi connectivity index (χ1n) is 20.0. The van der Waals surface area contributed by atoms with E-state index >= 15 is 0 Å². The van der Waals surface area contributed by atoms with Crippen molar-refractivity contribution in [1.82, 2.24) is 4.57 Å². The summed E-state index contributed by atoms with van der Waals surface area (Å²) < 4.78 is 2.47. The van der Waals surface area contributed by atoms with Crippen LogP contribution in [-0.4, -0.2) is 4.57 Å². The zero-order chi connectivity index (χ0) is 38.2. The number of fused-ring (bicyclic) bond motifs is 8. The second-order valence-electron chi connectivity index (χ2n) is 15.3. The molecule has 0 unspecified atom stereocenters. The lowest BCUT2D eigenvalue weighted by molar-refractivity contribution is 1.19. The SMILES string of the molecule is c1ccc(-c2cccc(N(c3ccc(-c4ccccc4-n4c5ccccc5c5ccc6ccccc6c54)cc3)c3cc4c5c(cccc5c3)-c3ccccc3-4)c2)cc1. The molecule has 2 nitrogen and oxygen atoms in total. The van der Waals surface area contributed by atoms with Gasteiger partial charge >= 0.3 is 0 Å². The van der Waals surface area contributed by atoms with Crippen LogP contribution in [0.3, 0.4) is 0 Å². The van der Waals surface area contributed by atoms with Gasteiger partial charge < -0.3 is 9.47 Å². The van der Waals surface area contributed by atoms with Crippen LogP contribution in [0.1, 0.15) is 0 Å². The van der Waals surface area contributed by atoms with Crippen LogP contribution in [0.25, 0.3) is 93.5 Å². The van der Waals surface area contributed by atoms with E-state index in [4.69, 9.17) is 0 Å². The van der Waals surface area contributed by atoms with Crippen molar-refractivity contribution < 1.29 is 0 Å². The van der Waals surface area contributed by atoms with E-state index in [1.54, 1.807) is 0 Å². The third kappa shape index (κ3) is 4.99. The first-order chi connectivity index (χ1) is 28.8. The molecule has 2 heteroatoms. The maximum absolute atomic E-state index is 2.47. The predicted molar refractivity (Wildman–Crippen MR) is 246 cm³/mol. The Kier molecular flexibility index (Phi) is 7.26. The fourth-order valence-corrected chi connectivity index (χ4v) is 9.52. The first-order valence-corrected chi connectivity index (χ1v) is 20.0. The highest BCUT2D eigenvalue weighted by Gasteiger charge is 2.24. The van der Waals surface area contributed by atoms with E-state index in [2.05, 4.69) is 228 Å². The highest BCUT2D eigenvalue weighted by atomic mass is 15.1. The van der Waals surface area contributed by atoms with Gasteiger partial charge in [-0.1, -0.05) is 170 Å². The Morgan fingerprint density at radius 3 is 1.83 bits per heavy atom. The Morgan fingerprint density at radius 2 is 0.966 bits per heavy atom. The van der Waals surface area contributed by atoms with Gasteiger partial charge in [0.25, 0.3) is 0 Å². The highest BCUT2D eigenvalue weighted by molar-refractivity contribution is 6.19. The van der Waals surface area contributed by atoms with Crippen molar-refractivity contribution in [1.29, 1.82) is 0 Å². The molecule has 0 saturated heterocycles. The Balaban J connectivity index is 1.04. The monoisotopic (exact) mass is 736 g/mol. The Labute approximate surface area is 337 Å². The van der Waals surface area contributed by atoms with Gasteiger partial charge in [-0.15, -0.1) is 0 Å². The van der Waals surface area contributed by atoms with E-state index in [-0.39, 0.29) is 0 Å². The molecule has 1 heterocycles. The molecule has 0 N–H and O–H groups in total. The minimum atomic E-state index is 1.10. The van der Waals surface area contributed by atoms with Crippen LogP contribution in [0, 0.1) is 0 Å². The van der Waals surface area contributed by atoms with Crippen LogP contribution < -0.4 is 4.90 Å². The maximum Gasteiger partial charge on any atom is 0.0619 e. The highest BCUT2D eigenvalue weighted by Crippen LogP contribution is 2.50. The average Bonchev–Trinajstić information content (AvgIpc) is 3.81. The number of para-hydroxylation sites is 2. The zero-order valence-corrected chi connectivity index (χ0v) is 31.7. The topological polar surface area (TPSA) is 8.17 Å². The van der Waals surface area contributed by atoms with Crippen molar-refractivity contribution in [2.24, 2.45) is 0 Å². The van der Waals surface area contributed by atoms with Gasteiger partial charge in [-0.2, -0.15) is 0 Å². The summed E-state index contributed by atoms with van der Waals surface area (Å²) in [5, 5.41) is 7.59. The molecule has 0 amide bonds. The summed E-state index contributed by atoms with van der Waals surface area (Å²) in [5.41, 5.74) is 16.9. The normalized spacial score (nSPS) is 11.8. The van der Waals surface area contributed by atoms with Crippen LogP contribution in [0.15, 0.2) is 218 Å². The number of anilines is 3. The molecule has 270 valence electrons. The number of rotatable bonds is 6. The van der Waals surface area contributed by atoms with Gasteiger partial charge in [0.1, 0.15) is 0 Å². The van der Waals surface area contributed by atoms with Crippen LogP contribution in [-0.2, 0) is 0 Å². The molecule has 0 bridgehead atoms.